The van der Waals surface area contributed by atoms with Crippen LogP contribution in [0.25, 0.3) is 0 Å². The van der Waals surface area contributed by atoms with Crippen molar-refractivity contribution >= 4 is 17.8 Å². The van der Waals surface area contributed by atoms with Crippen LogP contribution in [0.15, 0.2) is 12.5 Å². The second-order valence-corrected chi connectivity index (χ2v) is 11.2. The van der Waals surface area contributed by atoms with Gasteiger partial charge in [0.1, 0.15) is 6.04 Å². The topological polar surface area (TPSA) is 147 Å². The number of carbonyl (C=O) groups excluding carboxylic acids is 3. The molecule has 2 N–H and O–H groups in total. The summed E-state index contributed by atoms with van der Waals surface area (Å²) in [5, 5.41) is 2.62. The lowest BCUT2D eigenvalue weighted by atomic mass is 9.58. The number of esters is 2. The van der Waals surface area contributed by atoms with Gasteiger partial charge in [-0.05, 0) is 38.0 Å². The second kappa shape index (κ2) is 10.6. The Morgan fingerprint density at radius 2 is 2.00 bits per heavy atom. The van der Waals surface area contributed by atoms with E-state index in [1.165, 1.54) is 13.4 Å². The number of hydrogen-bond acceptors (Lipinski definition) is 10. The number of aromatic amines is 1. The quantitative estimate of drug-likeness (QED) is 0.375. The van der Waals surface area contributed by atoms with Crippen LogP contribution in [-0.2, 0) is 49.5 Å². The first kappa shape index (κ1) is 27.0. The van der Waals surface area contributed by atoms with E-state index in [2.05, 4.69) is 22.2 Å². The summed E-state index contributed by atoms with van der Waals surface area (Å²) in [4.78, 5) is 56.2. The molecule has 6 rings (SSSR count). The van der Waals surface area contributed by atoms with Gasteiger partial charge in [-0.15, -0.1) is 0 Å². The smallest absolute Gasteiger partial charge is 0.328 e. The van der Waals surface area contributed by atoms with Crippen molar-refractivity contribution in [3.8, 4) is 0 Å². The zero-order valence-corrected chi connectivity index (χ0v) is 22.3. The fourth-order valence-electron chi connectivity index (χ4n) is 6.63. The zero-order chi connectivity index (χ0) is 27.1. The lowest BCUT2D eigenvalue weighted by molar-refractivity contribution is -0.576. The summed E-state index contributed by atoms with van der Waals surface area (Å²) in [7, 11) is 1.25. The highest BCUT2D eigenvalue weighted by Gasteiger charge is 2.69. The number of imidazole rings is 1. The maximum absolute atomic E-state index is 12.8. The minimum atomic E-state index is -0.920. The third kappa shape index (κ3) is 4.94. The largest absolute Gasteiger partial charge is 0.467 e. The van der Waals surface area contributed by atoms with Crippen LogP contribution in [-0.4, -0.2) is 64.9 Å². The number of carbonyl (C=O) groups is 3. The molecule has 0 radical (unpaired) electrons. The van der Waals surface area contributed by atoms with Crippen molar-refractivity contribution in [3.05, 3.63) is 18.2 Å². The van der Waals surface area contributed by atoms with E-state index in [0.29, 0.717) is 18.0 Å². The van der Waals surface area contributed by atoms with Crippen LogP contribution in [0.5, 0.6) is 0 Å². The first-order valence-electron chi connectivity index (χ1n) is 13.4. The molecule has 12 heteroatoms. The molecule has 1 aliphatic carbocycles. The van der Waals surface area contributed by atoms with Crippen molar-refractivity contribution in [1.82, 2.24) is 15.3 Å². The standard InChI is InChI=1S/C26H37N3O9/c1-14-5-6-18-15(2)23(35-24-26(18)17(14)9-10-25(3,36-24)37-38-26)34-21(31)8-7-20(30)29-19(22(32)33-4)11-16-12-27-13-28-16/h12-15,17-19,23-24H,5-11H2,1-4H3,(H,27,28)(H,29,30)/t14-,15-,17+,18+,19-,23-,24-,25+,26-/m1/s1. The lowest BCUT2D eigenvalue weighted by Crippen LogP contribution is -2.70. The van der Waals surface area contributed by atoms with Gasteiger partial charge in [-0.2, -0.15) is 0 Å². The SMILES string of the molecule is COC(=O)[C@@H](Cc1cnc[nH]1)NC(=O)CCC(=O)O[C@@H]1O[C@@H]2O[C@]3(C)CC[C@H]4[C@H](C)CC[C@@H]([C@H]1C)[C@@]24OO3. The highest BCUT2D eigenvalue weighted by atomic mass is 17.3. The summed E-state index contributed by atoms with van der Waals surface area (Å²) in [5.74, 6) is -2.05. The van der Waals surface area contributed by atoms with Crippen molar-refractivity contribution < 1.29 is 43.1 Å². The number of amides is 1. The number of nitrogens with zero attached hydrogens (tertiary/aromatic N) is 1. The Labute approximate surface area is 221 Å². The molecular weight excluding hydrogens is 498 g/mol. The molecule has 1 saturated carbocycles. The highest BCUT2D eigenvalue weighted by molar-refractivity contribution is 5.86. The van der Waals surface area contributed by atoms with Gasteiger partial charge in [0.15, 0.2) is 11.9 Å². The molecule has 38 heavy (non-hydrogen) atoms. The molecule has 1 spiro atoms. The number of hydrogen-bond donors (Lipinski definition) is 2. The van der Waals surface area contributed by atoms with E-state index in [0.717, 1.165) is 19.3 Å². The number of H-pyrrole nitrogens is 1. The fourth-order valence-corrected chi connectivity index (χ4v) is 6.63. The van der Waals surface area contributed by atoms with Crippen molar-refractivity contribution in [2.75, 3.05) is 7.11 Å². The van der Waals surface area contributed by atoms with Crippen LogP contribution < -0.4 is 5.32 Å². The predicted octanol–water partition coefficient (Wildman–Crippen LogP) is 2.14. The summed E-state index contributed by atoms with van der Waals surface area (Å²) >= 11 is 0. The Kier molecular flexibility index (Phi) is 7.51. The van der Waals surface area contributed by atoms with E-state index in [4.69, 9.17) is 28.7 Å². The van der Waals surface area contributed by atoms with E-state index in [-0.39, 0.29) is 37.0 Å². The molecule has 2 bridgehead atoms. The fraction of sp³-hybridized carbons (Fsp3) is 0.769. The minimum absolute atomic E-state index is 0.0227. The molecule has 5 heterocycles. The third-order valence-corrected chi connectivity index (χ3v) is 8.70. The summed E-state index contributed by atoms with van der Waals surface area (Å²) in [6.45, 7) is 6.07. The van der Waals surface area contributed by atoms with Crippen LogP contribution in [0.2, 0.25) is 0 Å². The van der Waals surface area contributed by atoms with E-state index < -0.39 is 47.9 Å². The van der Waals surface area contributed by atoms with E-state index >= 15 is 0 Å². The average molecular weight is 536 g/mol. The average Bonchev–Trinajstić information content (AvgIpc) is 3.30. The van der Waals surface area contributed by atoms with Crippen molar-refractivity contribution in [1.29, 1.82) is 0 Å². The monoisotopic (exact) mass is 535 g/mol. The third-order valence-electron chi connectivity index (χ3n) is 8.70. The van der Waals surface area contributed by atoms with Gasteiger partial charge in [0, 0.05) is 43.0 Å². The van der Waals surface area contributed by atoms with Crippen molar-refractivity contribution in [2.45, 2.75) is 95.7 Å². The van der Waals surface area contributed by atoms with Crippen LogP contribution >= 0.6 is 0 Å². The molecule has 210 valence electrons. The first-order chi connectivity index (χ1) is 18.1. The molecule has 0 aromatic carbocycles. The zero-order valence-electron chi connectivity index (χ0n) is 22.3. The van der Waals surface area contributed by atoms with Crippen molar-refractivity contribution in [3.63, 3.8) is 0 Å². The van der Waals surface area contributed by atoms with Gasteiger partial charge in [-0.25, -0.2) is 19.6 Å². The normalized spacial score (nSPS) is 38.4. The van der Waals surface area contributed by atoms with Gasteiger partial charge in [0.25, 0.3) is 0 Å². The van der Waals surface area contributed by atoms with E-state index in [1.807, 2.05) is 13.8 Å². The molecule has 0 unspecified atom stereocenters. The molecule has 1 aromatic rings. The molecule has 5 fully saturated rings. The van der Waals surface area contributed by atoms with Crippen LogP contribution in [0.4, 0.5) is 0 Å². The Morgan fingerprint density at radius 3 is 2.74 bits per heavy atom. The summed E-state index contributed by atoms with van der Waals surface area (Å²) in [5.41, 5.74) is -0.0775. The lowest BCUT2D eigenvalue weighted by Gasteiger charge is -2.59. The Hall–Kier alpha value is -2.54. The maximum Gasteiger partial charge on any atom is 0.328 e. The number of fused-ring (bicyclic) bond motifs is 2. The van der Waals surface area contributed by atoms with Crippen LogP contribution in [0.3, 0.4) is 0 Å². The molecule has 4 saturated heterocycles. The van der Waals surface area contributed by atoms with Gasteiger partial charge >= 0.3 is 11.9 Å². The number of methoxy groups -OCH3 is 1. The van der Waals surface area contributed by atoms with Gasteiger partial charge in [0.05, 0.1) is 19.9 Å². The second-order valence-electron chi connectivity index (χ2n) is 11.2. The highest BCUT2D eigenvalue weighted by Crippen LogP contribution is 2.60. The molecule has 1 amide bonds. The number of rotatable bonds is 8. The Balaban J connectivity index is 1.19. The van der Waals surface area contributed by atoms with Gasteiger partial charge in [-0.3, -0.25) is 9.59 Å². The molecule has 4 aliphatic heterocycles. The van der Waals surface area contributed by atoms with Gasteiger partial charge in [-0.1, -0.05) is 13.8 Å². The predicted molar refractivity (Wildman–Crippen MR) is 128 cm³/mol. The van der Waals surface area contributed by atoms with E-state index in [1.54, 1.807) is 6.20 Å². The molecular formula is C26H37N3O9. The Morgan fingerprint density at radius 1 is 1.18 bits per heavy atom. The maximum atomic E-state index is 12.8. The molecule has 5 aliphatic rings. The van der Waals surface area contributed by atoms with Gasteiger partial charge in [0.2, 0.25) is 18.0 Å². The summed E-state index contributed by atoms with van der Waals surface area (Å²) in [6, 6.07) is -0.908. The van der Waals surface area contributed by atoms with Crippen LogP contribution in [0.1, 0.15) is 65.0 Å². The molecule has 9 atom stereocenters. The Bertz CT molecular complexity index is 1040. The number of aromatic nitrogens is 2. The van der Waals surface area contributed by atoms with Crippen molar-refractivity contribution in [2.24, 2.45) is 23.7 Å². The molecule has 1 aromatic heterocycles. The summed E-state index contributed by atoms with van der Waals surface area (Å²) in [6.07, 6.45) is 4.86. The molecule has 12 nitrogen and oxygen atoms in total. The van der Waals surface area contributed by atoms with E-state index in [9.17, 15) is 14.4 Å². The van der Waals surface area contributed by atoms with Crippen LogP contribution in [0, 0.1) is 23.7 Å². The number of ether oxygens (including phenoxy) is 4. The number of nitrogens with one attached hydrogen (secondary N) is 2. The summed E-state index contributed by atoms with van der Waals surface area (Å²) < 4.78 is 23.1. The van der Waals surface area contributed by atoms with Gasteiger partial charge < -0.3 is 29.2 Å². The first-order valence-corrected chi connectivity index (χ1v) is 13.4. The minimum Gasteiger partial charge on any atom is -0.467 e.